The zero-order valence-corrected chi connectivity index (χ0v) is 10.9. The van der Waals surface area contributed by atoms with Crippen molar-refractivity contribution < 1.29 is 0 Å². The fraction of sp³-hybridized carbons (Fsp3) is 1.00. The minimum atomic E-state index is 0.731. The van der Waals surface area contributed by atoms with Gasteiger partial charge in [0.25, 0.3) is 0 Å². The molecule has 2 heterocycles. The van der Waals surface area contributed by atoms with Crippen molar-refractivity contribution in [3.8, 4) is 0 Å². The van der Waals surface area contributed by atoms with E-state index < -0.39 is 0 Å². The molecule has 1 N–H and O–H groups in total. The van der Waals surface area contributed by atoms with Gasteiger partial charge in [-0.2, -0.15) is 0 Å². The molecule has 2 fully saturated rings. The predicted octanol–water partition coefficient (Wildman–Crippen LogP) is 3.13. The predicted molar refractivity (Wildman–Crippen MR) is 69.5 cm³/mol. The van der Waals surface area contributed by atoms with Gasteiger partial charge in [-0.15, -0.1) is 0 Å². The SMILES string of the molecule is CCCCCCCC1CCC2NCCCN12. The van der Waals surface area contributed by atoms with Gasteiger partial charge in [-0.25, -0.2) is 0 Å². The maximum Gasteiger partial charge on any atom is 0.0600 e. The number of hydrogen-bond donors (Lipinski definition) is 1. The zero-order valence-electron chi connectivity index (χ0n) is 10.9. The quantitative estimate of drug-likeness (QED) is 0.697. The maximum absolute atomic E-state index is 3.65. The van der Waals surface area contributed by atoms with Crippen molar-refractivity contribution in [2.45, 2.75) is 76.9 Å². The molecule has 0 spiro atoms. The third-order valence-corrected chi connectivity index (χ3v) is 4.26. The van der Waals surface area contributed by atoms with Crippen molar-refractivity contribution in [3.05, 3.63) is 0 Å². The highest BCUT2D eigenvalue weighted by Gasteiger charge is 2.33. The van der Waals surface area contributed by atoms with Crippen LogP contribution < -0.4 is 5.32 Å². The van der Waals surface area contributed by atoms with Crippen LogP contribution in [0.25, 0.3) is 0 Å². The van der Waals surface area contributed by atoms with Crippen LogP contribution in [0.4, 0.5) is 0 Å². The summed E-state index contributed by atoms with van der Waals surface area (Å²) >= 11 is 0. The van der Waals surface area contributed by atoms with E-state index in [4.69, 9.17) is 0 Å². The summed E-state index contributed by atoms with van der Waals surface area (Å²) in [7, 11) is 0. The van der Waals surface area contributed by atoms with Gasteiger partial charge >= 0.3 is 0 Å². The average Bonchev–Trinajstić information content (AvgIpc) is 2.73. The number of fused-ring (bicyclic) bond motifs is 1. The Morgan fingerprint density at radius 2 is 2.00 bits per heavy atom. The highest BCUT2D eigenvalue weighted by Crippen LogP contribution is 2.28. The molecule has 2 aliphatic rings. The van der Waals surface area contributed by atoms with E-state index in [1.54, 1.807) is 0 Å². The lowest BCUT2D eigenvalue weighted by atomic mass is 10.0. The molecule has 0 aliphatic carbocycles. The van der Waals surface area contributed by atoms with Gasteiger partial charge in [0.1, 0.15) is 0 Å². The van der Waals surface area contributed by atoms with Gasteiger partial charge in [0.15, 0.2) is 0 Å². The molecule has 0 aromatic carbocycles. The lowest BCUT2D eigenvalue weighted by Gasteiger charge is -2.34. The Kier molecular flexibility index (Phi) is 5.11. The maximum atomic E-state index is 3.65. The van der Waals surface area contributed by atoms with Gasteiger partial charge in [-0.05, 0) is 32.2 Å². The Morgan fingerprint density at radius 1 is 1.12 bits per heavy atom. The molecule has 0 bridgehead atoms. The third kappa shape index (κ3) is 3.21. The number of rotatable bonds is 6. The van der Waals surface area contributed by atoms with E-state index in [2.05, 4.69) is 17.1 Å². The third-order valence-electron chi connectivity index (χ3n) is 4.26. The second kappa shape index (κ2) is 6.61. The molecule has 0 saturated carbocycles. The number of hydrogen-bond acceptors (Lipinski definition) is 2. The fourth-order valence-electron chi connectivity index (χ4n) is 3.32. The van der Waals surface area contributed by atoms with Crippen LogP contribution in [0.2, 0.25) is 0 Å². The molecule has 0 aromatic heterocycles. The summed E-state index contributed by atoms with van der Waals surface area (Å²) < 4.78 is 0. The van der Waals surface area contributed by atoms with Gasteiger partial charge in [0, 0.05) is 12.6 Å². The van der Waals surface area contributed by atoms with Crippen molar-refractivity contribution in [2.75, 3.05) is 13.1 Å². The smallest absolute Gasteiger partial charge is 0.0600 e. The van der Waals surface area contributed by atoms with Crippen LogP contribution in [0.3, 0.4) is 0 Å². The van der Waals surface area contributed by atoms with Crippen molar-refractivity contribution in [1.29, 1.82) is 0 Å². The summed E-state index contributed by atoms with van der Waals surface area (Å²) in [5.41, 5.74) is 0. The van der Waals surface area contributed by atoms with Gasteiger partial charge < -0.3 is 5.32 Å². The molecule has 0 radical (unpaired) electrons. The second-order valence-electron chi connectivity index (χ2n) is 5.50. The Balaban J connectivity index is 1.62. The van der Waals surface area contributed by atoms with Gasteiger partial charge in [-0.3, -0.25) is 4.90 Å². The van der Waals surface area contributed by atoms with E-state index in [0.29, 0.717) is 0 Å². The molecule has 2 aliphatic heterocycles. The lowest BCUT2D eigenvalue weighted by molar-refractivity contribution is 0.128. The fourth-order valence-corrected chi connectivity index (χ4v) is 3.32. The van der Waals surface area contributed by atoms with Gasteiger partial charge in [-0.1, -0.05) is 39.0 Å². The summed E-state index contributed by atoms with van der Waals surface area (Å²) in [4.78, 5) is 2.74. The second-order valence-corrected chi connectivity index (χ2v) is 5.50. The summed E-state index contributed by atoms with van der Waals surface area (Å²) in [5, 5.41) is 3.65. The number of nitrogens with zero attached hydrogens (tertiary/aromatic N) is 1. The van der Waals surface area contributed by atoms with Crippen LogP contribution in [0, 0.1) is 0 Å². The molecule has 94 valence electrons. The molecule has 2 atom stereocenters. The van der Waals surface area contributed by atoms with Crippen LogP contribution >= 0.6 is 0 Å². The number of nitrogens with one attached hydrogen (secondary N) is 1. The molecular weight excluding hydrogens is 196 g/mol. The Bertz CT molecular complexity index is 193. The molecule has 0 aromatic rings. The minimum Gasteiger partial charge on any atom is -0.302 e. The summed E-state index contributed by atoms with van der Waals surface area (Å²) in [6, 6.07) is 0.902. The van der Waals surface area contributed by atoms with E-state index in [9.17, 15) is 0 Å². The summed E-state index contributed by atoms with van der Waals surface area (Å²) in [6.07, 6.45) is 13.5. The first kappa shape index (κ1) is 12.4. The standard InChI is InChI=1S/C14H28N2/c1-2-3-4-5-6-8-13-9-10-14-15-11-7-12-16(13)14/h13-15H,2-12H2,1H3. The molecule has 0 amide bonds. The molecule has 2 rings (SSSR count). The highest BCUT2D eigenvalue weighted by atomic mass is 15.3. The first-order chi connectivity index (χ1) is 7.92. The average molecular weight is 224 g/mol. The normalized spacial score (nSPS) is 30.6. The molecule has 2 unspecified atom stereocenters. The van der Waals surface area contributed by atoms with E-state index >= 15 is 0 Å². The first-order valence-corrected chi connectivity index (χ1v) is 7.41. The van der Waals surface area contributed by atoms with E-state index in [0.717, 1.165) is 12.2 Å². The monoisotopic (exact) mass is 224 g/mol. The van der Waals surface area contributed by atoms with Crippen LogP contribution in [0.15, 0.2) is 0 Å². The largest absolute Gasteiger partial charge is 0.302 e. The van der Waals surface area contributed by atoms with E-state index in [-0.39, 0.29) is 0 Å². The van der Waals surface area contributed by atoms with Crippen molar-refractivity contribution in [1.82, 2.24) is 10.2 Å². The summed E-state index contributed by atoms with van der Waals surface area (Å²) in [6.45, 7) is 4.88. The van der Waals surface area contributed by atoms with Crippen LogP contribution in [-0.2, 0) is 0 Å². The van der Waals surface area contributed by atoms with Gasteiger partial charge in [0.05, 0.1) is 6.17 Å². The van der Waals surface area contributed by atoms with Crippen LogP contribution in [0.5, 0.6) is 0 Å². The summed E-state index contributed by atoms with van der Waals surface area (Å²) in [5.74, 6) is 0. The first-order valence-electron chi connectivity index (χ1n) is 7.41. The minimum absolute atomic E-state index is 0.731. The molecule has 2 heteroatoms. The van der Waals surface area contributed by atoms with Crippen LogP contribution in [-0.4, -0.2) is 30.2 Å². The topological polar surface area (TPSA) is 15.3 Å². The highest BCUT2D eigenvalue weighted by molar-refractivity contribution is 4.88. The molecule has 16 heavy (non-hydrogen) atoms. The van der Waals surface area contributed by atoms with Gasteiger partial charge in [0.2, 0.25) is 0 Å². The molecular formula is C14H28N2. The zero-order chi connectivity index (χ0) is 11.2. The number of unbranched alkanes of at least 4 members (excludes halogenated alkanes) is 4. The lowest BCUT2D eigenvalue weighted by Crippen LogP contribution is -2.50. The van der Waals surface area contributed by atoms with Crippen molar-refractivity contribution in [2.24, 2.45) is 0 Å². The Labute approximate surface area is 101 Å². The van der Waals surface area contributed by atoms with E-state index in [1.165, 1.54) is 70.9 Å². The molecule has 2 nitrogen and oxygen atoms in total. The van der Waals surface area contributed by atoms with Crippen molar-refractivity contribution in [3.63, 3.8) is 0 Å². The van der Waals surface area contributed by atoms with Crippen molar-refractivity contribution >= 4 is 0 Å². The Hall–Kier alpha value is -0.0800. The molecule has 2 saturated heterocycles. The Morgan fingerprint density at radius 3 is 2.88 bits per heavy atom. The van der Waals surface area contributed by atoms with Crippen LogP contribution in [0.1, 0.15) is 64.7 Å². The van der Waals surface area contributed by atoms with E-state index in [1.807, 2.05) is 0 Å².